The van der Waals surface area contributed by atoms with E-state index in [0.29, 0.717) is 17.6 Å². The van der Waals surface area contributed by atoms with Crippen LogP contribution < -0.4 is 0 Å². The van der Waals surface area contributed by atoms with Crippen molar-refractivity contribution in [2.24, 2.45) is 29.1 Å². The maximum absolute atomic E-state index is 13.5. The van der Waals surface area contributed by atoms with Gasteiger partial charge in [0.15, 0.2) is 5.78 Å². The Balaban J connectivity index is 1.52. The summed E-state index contributed by atoms with van der Waals surface area (Å²) < 4.78 is 12.0. The van der Waals surface area contributed by atoms with Crippen molar-refractivity contribution in [3.63, 3.8) is 0 Å². The summed E-state index contributed by atoms with van der Waals surface area (Å²) in [6, 6.07) is 0. The molecule has 4 rings (SSSR count). The lowest BCUT2D eigenvalue weighted by molar-refractivity contribution is -0.219. The van der Waals surface area contributed by atoms with Crippen LogP contribution in [0.5, 0.6) is 0 Å². The quantitative estimate of drug-likeness (QED) is 0.0740. The van der Waals surface area contributed by atoms with Gasteiger partial charge in [0.2, 0.25) is 0 Å². The van der Waals surface area contributed by atoms with Gasteiger partial charge in [0.05, 0.1) is 11.7 Å². The molecule has 48 heavy (non-hydrogen) atoms. The van der Waals surface area contributed by atoms with E-state index in [2.05, 4.69) is 13.8 Å². The van der Waals surface area contributed by atoms with E-state index in [1.165, 1.54) is 44.9 Å². The van der Waals surface area contributed by atoms with E-state index in [-0.39, 0.29) is 31.4 Å². The number of esters is 2. The molecule has 0 heterocycles. The van der Waals surface area contributed by atoms with Crippen molar-refractivity contribution < 1.29 is 39.2 Å². The van der Waals surface area contributed by atoms with Crippen molar-refractivity contribution in [1.29, 1.82) is 0 Å². The summed E-state index contributed by atoms with van der Waals surface area (Å²) in [5, 5.41) is 36.7. The number of hydrogen-bond donors (Lipinski definition) is 3. The normalized spacial score (nSPS) is 34.7. The number of rotatable bonds is 19. The second kappa shape index (κ2) is 15.9. The van der Waals surface area contributed by atoms with Gasteiger partial charge in [-0.1, -0.05) is 124 Å². The molecule has 0 radical (unpaired) electrons. The number of aliphatic hydroxyl groups excluding tert-OH is 1. The molecule has 0 aliphatic heterocycles. The maximum atomic E-state index is 13.5. The minimum Gasteiger partial charge on any atom is -0.461 e. The highest BCUT2D eigenvalue weighted by Gasteiger charge is 2.86. The molecule has 2 fully saturated rings. The van der Waals surface area contributed by atoms with Crippen LogP contribution in [0.4, 0.5) is 0 Å². The zero-order valence-electron chi connectivity index (χ0n) is 30.7. The Hall–Kier alpha value is -2.03. The molecule has 272 valence electrons. The molecule has 4 aliphatic rings. The van der Waals surface area contributed by atoms with Crippen LogP contribution in [-0.2, 0) is 23.9 Å². The molecule has 2 saturated carbocycles. The average Bonchev–Trinajstić information content (AvgIpc) is 3.47. The summed E-state index contributed by atoms with van der Waals surface area (Å²) in [5.41, 5.74) is -4.64. The molecule has 0 unspecified atom stereocenters. The molecular formula is C40H64O8. The Kier molecular flexibility index (Phi) is 12.8. The van der Waals surface area contributed by atoms with Crippen molar-refractivity contribution in [2.45, 2.75) is 174 Å². The van der Waals surface area contributed by atoms with E-state index in [1.54, 1.807) is 19.9 Å². The third-order valence-corrected chi connectivity index (χ3v) is 12.5. The fourth-order valence-electron chi connectivity index (χ4n) is 9.60. The van der Waals surface area contributed by atoms with Crippen molar-refractivity contribution in [3.8, 4) is 0 Å². The van der Waals surface area contributed by atoms with E-state index in [4.69, 9.17) is 9.47 Å². The van der Waals surface area contributed by atoms with Crippen LogP contribution in [0.15, 0.2) is 23.3 Å². The van der Waals surface area contributed by atoms with Crippen molar-refractivity contribution in [3.05, 3.63) is 23.3 Å². The molecular weight excluding hydrogens is 608 g/mol. The lowest BCUT2D eigenvalue weighted by atomic mass is 9.59. The fourth-order valence-corrected chi connectivity index (χ4v) is 9.60. The second-order valence-electron chi connectivity index (χ2n) is 16.1. The SMILES string of the molecule is CCCCCCCCCC(=O)OCC1=C[C@H]2[C@@H]3C(C)(C)[C@]3(OC(=O)CCCCCCCCC)[C@H](O)[C@@H](C)[C@]2(O)[C@@H]2C=C(C)C(=O)[C@]2(O)C1. The molecule has 0 saturated heterocycles. The van der Waals surface area contributed by atoms with Crippen LogP contribution in [0.25, 0.3) is 0 Å². The molecule has 8 nitrogen and oxygen atoms in total. The van der Waals surface area contributed by atoms with Gasteiger partial charge in [0.1, 0.15) is 17.8 Å². The van der Waals surface area contributed by atoms with Gasteiger partial charge in [-0.05, 0) is 30.9 Å². The van der Waals surface area contributed by atoms with Crippen molar-refractivity contribution >= 4 is 17.7 Å². The number of ketones is 1. The first-order chi connectivity index (χ1) is 22.7. The van der Waals surface area contributed by atoms with Crippen LogP contribution in [0.1, 0.15) is 151 Å². The molecule has 4 aliphatic carbocycles. The first kappa shape index (κ1) is 38.8. The Bertz CT molecular complexity index is 1220. The predicted octanol–water partition coefficient (Wildman–Crippen LogP) is 7.31. The number of ether oxygens (including phenoxy) is 2. The van der Waals surface area contributed by atoms with Gasteiger partial charge in [-0.3, -0.25) is 14.4 Å². The minimum atomic E-state index is -1.94. The Labute approximate surface area is 289 Å². The molecule has 0 spiro atoms. The highest BCUT2D eigenvalue weighted by atomic mass is 16.6. The van der Waals surface area contributed by atoms with Crippen LogP contribution in [0, 0.1) is 29.1 Å². The topological polar surface area (TPSA) is 130 Å². The molecule has 0 aromatic rings. The summed E-state index contributed by atoms with van der Waals surface area (Å²) in [7, 11) is 0. The molecule has 0 aromatic carbocycles. The summed E-state index contributed by atoms with van der Waals surface area (Å²) in [5.74, 6) is -4.09. The largest absolute Gasteiger partial charge is 0.461 e. The Morgan fingerprint density at radius 1 is 0.833 bits per heavy atom. The maximum Gasteiger partial charge on any atom is 0.306 e. The van der Waals surface area contributed by atoms with Gasteiger partial charge < -0.3 is 24.8 Å². The first-order valence-electron chi connectivity index (χ1n) is 19.2. The van der Waals surface area contributed by atoms with E-state index in [1.807, 2.05) is 19.9 Å². The van der Waals surface area contributed by atoms with Gasteiger partial charge in [-0.15, -0.1) is 0 Å². The van der Waals surface area contributed by atoms with Gasteiger partial charge in [0, 0.05) is 48.3 Å². The third kappa shape index (κ3) is 7.23. The summed E-state index contributed by atoms with van der Waals surface area (Å²) >= 11 is 0. The van der Waals surface area contributed by atoms with E-state index in [9.17, 15) is 29.7 Å². The first-order valence-corrected chi connectivity index (χ1v) is 19.2. The van der Waals surface area contributed by atoms with Gasteiger partial charge in [-0.25, -0.2) is 0 Å². The highest BCUT2D eigenvalue weighted by molar-refractivity contribution is 6.04. The number of unbranched alkanes of at least 4 members (excludes halogenated alkanes) is 12. The molecule has 3 N–H and O–H groups in total. The lowest BCUT2D eigenvalue weighted by Crippen LogP contribution is -2.65. The molecule has 0 amide bonds. The van der Waals surface area contributed by atoms with Gasteiger partial charge in [0.25, 0.3) is 0 Å². The zero-order valence-corrected chi connectivity index (χ0v) is 30.7. The Morgan fingerprint density at radius 3 is 1.92 bits per heavy atom. The van der Waals surface area contributed by atoms with Crippen LogP contribution in [0.3, 0.4) is 0 Å². The number of fused-ring (bicyclic) bond motifs is 5. The molecule has 8 heteroatoms. The monoisotopic (exact) mass is 672 g/mol. The van der Waals surface area contributed by atoms with E-state index in [0.717, 1.165) is 44.9 Å². The summed E-state index contributed by atoms with van der Waals surface area (Å²) in [6.07, 6.45) is 17.9. The van der Waals surface area contributed by atoms with Crippen LogP contribution >= 0.6 is 0 Å². The van der Waals surface area contributed by atoms with Gasteiger partial charge >= 0.3 is 11.9 Å². The van der Waals surface area contributed by atoms with Crippen LogP contribution in [-0.4, -0.2) is 62.6 Å². The van der Waals surface area contributed by atoms with Gasteiger partial charge in [-0.2, -0.15) is 0 Å². The molecule has 0 bridgehead atoms. The van der Waals surface area contributed by atoms with Crippen LogP contribution in [0.2, 0.25) is 0 Å². The smallest absolute Gasteiger partial charge is 0.306 e. The third-order valence-electron chi connectivity index (χ3n) is 12.5. The van der Waals surface area contributed by atoms with Crippen molar-refractivity contribution in [1.82, 2.24) is 0 Å². The number of Topliss-reactive ketones (excluding diaryl/α,β-unsaturated/α-hetero) is 1. The standard InChI is InChI=1S/C40H64O8/c1-7-9-11-13-15-17-19-21-32(41)47-26-29-24-30-34-37(5,6)40(34,48-33(42)22-20-18-16-14-12-10-8-2)36(44)28(4)39(30,46)31-23-27(3)35(43)38(31,45)25-29/h23-24,28,30-31,34,36,44-46H,7-22,25-26H2,1-6H3/t28-,30+,31-,34-,36-,38+,39-,40-/m1/s1. The minimum absolute atomic E-state index is 0.0884. The summed E-state index contributed by atoms with van der Waals surface area (Å²) in [6.45, 7) is 11.5. The summed E-state index contributed by atoms with van der Waals surface area (Å²) in [4.78, 5) is 39.6. The van der Waals surface area contributed by atoms with E-state index >= 15 is 0 Å². The fraction of sp³-hybridized carbons (Fsp3) is 0.825. The molecule has 0 aromatic heterocycles. The van der Waals surface area contributed by atoms with Crippen molar-refractivity contribution in [2.75, 3.05) is 6.61 Å². The number of aliphatic hydroxyl groups is 3. The highest BCUT2D eigenvalue weighted by Crippen LogP contribution is 2.76. The number of carbonyl (C=O) groups is 3. The van der Waals surface area contributed by atoms with E-state index < -0.39 is 57.8 Å². The zero-order chi connectivity index (χ0) is 35.3. The predicted molar refractivity (Wildman–Crippen MR) is 186 cm³/mol. The number of carbonyl (C=O) groups excluding carboxylic acids is 3. The number of hydrogen-bond acceptors (Lipinski definition) is 8. The average molecular weight is 673 g/mol. The molecule has 8 atom stereocenters. The second-order valence-corrected chi connectivity index (χ2v) is 16.1. The Morgan fingerprint density at radius 2 is 1.35 bits per heavy atom. The lowest BCUT2D eigenvalue weighted by Gasteiger charge is -2.52.